The van der Waals surface area contributed by atoms with Crippen LogP contribution in [0.5, 0.6) is 5.75 Å². The minimum Gasteiger partial charge on any atom is -0.479 e. The molecule has 5 heteroatoms. The van der Waals surface area contributed by atoms with Crippen molar-refractivity contribution in [3.8, 4) is 11.8 Å². The smallest absolute Gasteiger partial charge is 0.315 e. The number of nitriles is 1. The van der Waals surface area contributed by atoms with E-state index in [1.165, 1.54) is 5.56 Å². The highest BCUT2D eigenvalue weighted by molar-refractivity contribution is 5.73. The lowest BCUT2D eigenvalue weighted by atomic mass is 10.1. The van der Waals surface area contributed by atoms with Crippen LogP contribution in [0, 0.1) is 11.3 Å². The number of benzene rings is 2. The Morgan fingerprint density at radius 3 is 2.58 bits per heavy atom. The van der Waals surface area contributed by atoms with Crippen LogP contribution in [0.1, 0.15) is 23.6 Å². The second-order valence-electron chi connectivity index (χ2n) is 5.25. The number of rotatable bonds is 7. The van der Waals surface area contributed by atoms with Gasteiger partial charge in [-0.2, -0.15) is 5.26 Å². The predicted octanol–water partition coefficient (Wildman–Crippen LogP) is 3.15. The van der Waals surface area contributed by atoms with Gasteiger partial charge in [-0.05, 0) is 35.2 Å². The van der Waals surface area contributed by atoms with Gasteiger partial charge >= 0.3 is 6.03 Å². The normalized spacial score (nSPS) is 9.83. The van der Waals surface area contributed by atoms with E-state index in [-0.39, 0.29) is 12.6 Å². The Balaban J connectivity index is 1.82. The predicted molar refractivity (Wildman–Crippen MR) is 92.4 cm³/mol. The number of nitrogens with zero attached hydrogens (tertiary/aromatic N) is 1. The zero-order valence-electron chi connectivity index (χ0n) is 13.7. The number of ether oxygens (including phenoxy) is 1. The first-order valence-electron chi connectivity index (χ1n) is 7.90. The Bertz CT molecular complexity index is 723. The van der Waals surface area contributed by atoms with Gasteiger partial charge in [-0.3, -0.25) is 0 Å². The summed E-state index contributed by atoms with van der Waals surface area (Å²) in [6, 6.07) is 17.1. The monoisotopic (exact) mass is 323 g/mol. The lowest BCUT2D eigenvalue weighted by molar-refractivity contribution is 0.240. The summed E-state index contributed by atoms with van der Waals surface area (Å²) < 4.78 is 5.24. The zero-order valence-corrected chi connectivity index (χ0v) is 13.7. The quantitative estimate of drug-likeness (QED) is 0.822. The van der Waals surface area contributed by atoms with Gasteiger partial charge in [0, 0.05) is 13.1 Å². The average Bonchev–Trinajstić information content (AvgIpc) is 2.63. The molecule has 0 aliphatic carbocycles. The molecule has 0 aliphatic rings. The Morgan fingerprint density at radius 1 is 1.08 bits per heavy atom. The molecule has 2 aromatic carbocycles. The molecule has 2 N–H and O–H groups in total. The van der Waals surface area contributed by atoms with E-state index in [9.17, 15) is 4.79 Å². The largest absolute Gasteiger partial charge is 0.479 e. The molecule has 0 aromatic heterocycles. The Kier molecular flexibility index (Phi) is 6.66. The molecule has 24 heavy (non-hydrogen) atoms. The van der Waals surface area contributed by atoms with Crippen LogP contribution in [0.25, 0.3) is 0 Å². The third-order valence-corrected chi connectivity index (χ3v) is 3.59. The topological polar surface area (TPSA) is 74.2 Å². The molecule has 0 spiro atoms. The molecule has 0 radical (unpaired) electrons. The minimum atomic E-state index is -0.218. The van der Waals surface area contributed by atoms with Crippen LogP contribution < -0.4 is 15.4 Å². The van der Waals surface area contributed by atoms with Crippen LogP contribution in [0.4, 0.5) is 4.79 Å². The van der Waals surface area contributed by atoms with Crippen LogP contribution in [-0.4, -0.2) is 12.6 Å². The second-order valence-corrected chi connectivity index (χ2v) is 5.25. The fourth-order valence-corrected chi connectivity index (χ4v) is 2.36. The number of urea groups is 1. The third kappa shape index (κ3) is 5.33. The van der Waals surface area contributed by atoms with Gasteiger partial charge in [0.1, 0.15) is 11.8 Å². The van der Waals surface area contributed by atoms with Crippen molar-refractivity contribution >= 4 is 6.03 Å². The first-order valence-corrected chi connectivity index (χ1v) is 7.90. The van der Waals surface area contributed by atoms with E-state index in [4.69, 9.17) is 10.00 Å². The Morgan fingerprint density at radius 2 is 1.83 bits per heavy atom. The van der Waals surface area contributed by atoms with Crippen molar-refractivity contribution in [2.24, 2.45) is 0 Å². The standard InChI is InChI=1S/C19H21N3O2/c1-2-16-7-3-4-8-17(16)14-22-19(23)21-13-15-6-5-9-18(12-15)24-11-10-20/h3-9,12H,2,11,13-14H2,1H3,(H2,21,22,23). The number of hydrogen-bond donors (Lipinski definition) is 2. The van der Waals surface area contributed by atoms with E-state index in [2.05, 4.69) is 23.6 Å². The van der Waals surface area contributed by atoms with Gasteiger partial charge in [0.25, 0.3) is 0 Å². The summed E-state index contributed by atoms with van der Waals surface area (Å²) >= 11 is 0. The number of amides is 2. The molecule has 124 valence electrons. The average molecular weight is 323 g/mol. The van der Waals surface area contributed by atoms with E-state index in [1.807, 2.05) is 42.5 Å². The van der Waals surface area contributed by atoms with Crippen molar-refractivity contribution in [3.63, 3.8) is 0 Å². The summed E-state index contributed by atoms with van der Waals surface area (Å²) in [6.45, 7) is 3.00. The number of nitrogens with one attached hydrogen (secondary N) is 2. The highest BCUT2D eigenvalue weighted by Gasteiger charge is 2.04. The molecule has 0 aliphatic heterocycles. The van der Waals surface area contributed by atoms with Crippen molar-refractivity contribution in [1.29, 1.82) is 5.26 Å². The van der Waals surface area contributed by atoms with Crippen molar-refractivity contribution in [3.05, 3.63) is 65.2 Å². The van der Waals surface area contributed by atoms with Crippen LogP contribution in [0.2, 0.25) is 0 Å². The summed E-state index contributed by atoms with van der Waals surface area (Å²) in [5, 5.41) is 14.2. The SMILES string of the molecule is CCc1ccccc1CNC(=O)NCc1cccc(OCC#N)c1. The number of hydrogen-bond acceptors (Lipinski definition) is 3. The lowest BCUT2D eigenvalue weighted by Gasteiger charge is -2.11. The molecule has 0 saturated carbocycles. The summed E-state index contributed by atoms with van der Waals surface area (Å²) in [7, 11) is 0. The maximum absolute atomic E-state index is 11.9. The fraction of sp³-hybridized carbons (Fsp3) is 0.263. The number of carbonyl (C=O) groups is 1. The van der Waals surface area contributed by atoms with Gasteiger partial charge < -0.3 is 15.4 Å². The molecular weight excluding hydrogens is 302 g/mol. The molecule has 0 heterocycles. The van der Waals surface area contributed by atoms with Gasteiger partial charge in [0.2, 0.25) is 0 Å². The van der Waals surface area contributed by atoms with Crippen molar-refractivity contribution in [2.45, 2.75) is 26.4 Å². The number of aryl methyl sites for hydroxylation is 1. The van der Waals surface area contributed by atoms with Gasteiger partial charge in [-0.25, -0.2) is 4.79 Å². The van der Waals surface area contributed by atoms with Crippen LogP contribution in [0.3, 0.4) is 0 Å². The molecular formula is C19H21N3O2. The maximum Gasteiger partial charge on any atom is 0.315 e. The fourth-order valence-electron chi connectivity index (χ4n) is 2.36. The lowest BCUT2D eigenvalue weighted by Crippen LogP contribution is -2.34. The van der Waals surface area contributed by atoms with Crippen molar-refractivity contribution in [2.75, 3.05) is 6.61 Å². The molecule has 0 saturated heterocycles. The summed E-state index contributed by atoms with van der Waals surface area (Å²) in [6.07, 6.45) is 0.939. The van der Waals surface area contributed by atoms with Gasteiger partial charge in [-0.1, -0.05) is 43.3 Å². The molecule has 5 nitrogen and oxygen atoms in total. The molecule has 0 atom stereocenters. The first-order chi connectivity index (χ1) is 11.7. The Labute approximate surface area is 142 Å². The molecule has 2 amide bonds. The Hall–Kier alpha value is -3.00. The molecule has 2 aromatic rings. The third-order valence-electron chi connectivity index (χ3n) is 3.59. The summed E-state index contributed by atoms with van der Waals surface area (Å²) in [5.41, 5.74) is 3.27. The van der Waals surface area contributed by atoms with Gasteiger partial charge in [0.15, 0.2) is 6.61 Å². The van der Waals surface area contributed by atoms with Gasteiger partial charge in [0.05, 0.1) is 0 Å². The van der Waals surface area contributed by atoms with Crippen LogP contribution in [-0.2, 0) is 19.5 Å². The van der Waals surface area contributed by atoms with E-state index in [0.29, 0.717) is 18.8 Å². The number of carbonyl (C=O) groups excluding carboxylic acids is 1. The van der Waals surface area contributed by atoms with Gasteiger partial charge in [-0.15, -0.1) is 0 Å². The van der Waals surface area contributed by atoms with E-state index in [0.717, 1.165) is 17.5 Å². The van der Waals surface area contributed by atoms with E-state index < -0.39 is 0 Å². The molecule has 2 rings (SSSR count). The highest BCUT2D eigenvalue weighted by Crippen LogP contribution is 2.13. The van der Waals surface area contributed by atoms with Crippen molar-refractivity contribution in [1.82, 2.24) is 10.6 Å². The first kappa shape index (κ1) is 17.4. The van der Waals surface area contributed by atoms with Crippen LogP contribution in [0.15, 0.2) is 48.5 Å². The molecule has 0 unspecified atom stereocenters. The van der Waals surface area contributed by atoms with E-state index >= 15 is 0 Å². The van der Waals surface area contributed by atoms with E-state index in [1.54, 1.807) is 6.07 Å². The zero-order chi connectivity index (χ0) is 17.2. The maximum atomic E-state index is 11.9. The van der Waals surface area contributed by atoms with Crippen LogP contribution >= 0.6 is 0 Å². The van der Waals surface area contributed by atoms with Crippen molar-refractivity contribution < 1.29 is 9.53 Å². The highest BCUT2D eigenvalue weighted by atomic mass is 16.5. The summed E-state index contributed by atoms with van der Waals surface area (Å²) in [5.74, 6) is 0.619. The molecule has 0 fully saturated rings. The molecule has 0 bridgehead atoms. The minimum absolute atomic E-state index is 0.00814. The second kappa shape index (κ2) is 9.21. The summed E-state index contributed by atoms with van der Waals surface area (Å²) in [4.78, 5) is 11.9.